The minimum atomic E-state index is -0.0298. The van der Waals surface area contributed by atoms with Gasteiger partial charge < -0.3 is 9.88 Å². The highest BCUT2D eigenvalue weighted by Crippen LogP contribution is 2.21. The zero-order chi connectivity index (χ0) is 12.3. The standard InChI is InChI=1S/C13H15N3O/c1-10-5-3-4-6-11(10)13-15-7-8-16(13)9-12(17)14-2/h3-8H,9H2,1-2H3,(H,14,17). The Kier molecular flexibility index (Phi) is 3.23. The van der Waals surface area contributed by atoms with Crippen molar-refractivity contribution in [2.75, 3.05) is 7.05 Å². The van der Waals surface area contributed by atoms with Crippen molar-refractivity contribution in [1.29, 1.82) is 0 Å². The van der Waals surface area contributed by atoms with Gasteiger partial charge in [-0.1, -0.05) is 24.3 Å². The zero-order valence-electron chi connectivity index (χ0n) is 9.97. The number of aryl methyl sites for hydroxylation is 1. The van der Waals surface area contributed by atoms with E-state index in [-0.39, 0.29) is 5.91 Å². The fourth-order valence-electron chi connectivity index (χ4n) is 1.74. The lowest BCUT2D eigenvalue weighted by molar-refractivity contribution is -0.121. The van der Waals surface area contributed by atoms with E-state index in [9.17, 15) is 4.79 Å². The van der Waals surface area contributed by atoms with Crippen LogP contribution in [0.15, 0.2) is 36.7 Å². The van der Waals surface area contributed by atoms with E-state index in [1.165, 1.54) is 0 Å². The molecule has 0 bridgehead atoms. The van der Waals surface area contributed by atoms with Crippen molar-refractivity contribution in [3.63, 3.8) is 0 Å². The number of aromatic nitrogens is 2. The second-order valence-electron chi connectivity index (χ2n) is 3.87. The van der Waals surface area contributed by atoms with Crippen LogP contribution >= 0.6 is 0 Å². The van der Waals surface area contributed by atoms with Crippen molar-refractivity contribution < 1.29 is 4.79 Å². The lowest BCUT2D eigenvalue weighted by Gasteiger charge is -2.08. The fourth-order valence-corrected chi connectivity index (χ4v) is 1.74. The second kappa shape index (κ2) is 4.82. The molecular formula is C13H15N3O. The van der Waals surface area contributed by atoms with Gasteiger partial charge in [0, 0.05) is 25.0 Å². The molecule has 4 nitrogen and oxygen atoms in total. The highest BCUT2D eigenvalue weighted by Gasteiger charge is 2.09. The molecule has 2 aromatic rings. The number of hydrogen-bond acceptors (Lipinski definition) is 2. The maximum atomic E-state index is 11.4. The van der Waals surface area contributed by atoms with Gasteiger partial charge in [0.05, 0.1) is 0 Å². The highest BCUT2D eigenvalue weighted by molar-refractivity contribution is 5.76. The largest absolute Gasteiger partial charge is 0.358 e. The van der Waals surface area contributed by atoms with E-state index < -0.39 is 0 Å². The van der Waals surface area contributed by atoms with Crippen LogP contribution in [0.25, 0.3) is 11.4 Å². The molecule has 1 N–H and O–H groups in total. The SMILES string of the molecule is CNC(=O)Cn1ccnc1-c1ccccc1C. The number of carbonyl (C=O) groups excluding carboxylic acids is 1. The Balaban J connectivity index is 2.37. The van der Waals surface area contributed by atoms with Crippen LogP contribution in [-0.4, -0.2) is 22.5 Å². The molecule has 1 heterocycles. The summed E-state index contributed by atoms with van der Waals surface area (Å²) < 4.78 is 1.85. The van der Waals surface area contributed by atoms with E-state index in [2.05, 4.69) is 10.3 Å². The normalized spacial score (nSPS) is 10.2. The number of nitrogens with one attached hydrogen (secondary N) is 1. The minimum absolute atomic E-state index is 0.0298. The number of likely N-dealkylation sites (N-methyl/N-ethyl adjacent to an activating group) is 1. The van der Waals surface area contributed by atoms with Crippen LogP contribution in [-0.2, 0) is 11.3 Å². The van der Waals surface area contributed by atoms with Crippen molar-refractivity contribution in [3.05, 3.63) is 42.2 Å². The smallest absolute Gasteiger partial charge is 0.239 e. The van der Waals surface area contributed by atoms with Crippen LogP contribution in [0.3, 0.4) is 0 Å². The van der Waals surface area contributed by atoms with E-state index in [4.69, 9.17) is 0 Å². The van der Waals surface area contributed by atoms with Crippen molar-refractivity contribution in [1.82, 2.24) is 14.9 Å². The van der Waals surface area contributed by atoms with Crippen LogP contribution in [0.2, 0.25) is 0 Å². The molecule has 4 heteroatoms. The number of nitrogens with zero attached hydrogens (tertiary/aromatic N) is 2. The highest BCUT2D eigenvalue weighted by atomic mass is 16.1. The van der Waals surface area contributed by atoms with E-state index in [0.29, 0.717) is 6.54 Å². The van der Waals surface area contributed by atoms with Crippen molar-refractivity contribution in [2.24, 2.45) is 0 Å². The summed E-state index contributed by atoms with van der Waals surface area (Å²) in [7, 11) is 1.63. The quantitative estimate of drug-likeness (QED) is 0.869. The first-order valence-electron chi connectivity index (χ1n) is 5.50. The first-order chi connectivity index (χ1) is 8.22. The van der Waals surface area contributed by atoms with Gasteiger partial charge in [0.2, 0.25) is 5.91 Å². The van der Waals surface area contributed by atoms with Gasteiger partial charge in [0.1, 0.15) is 12.4 Å². The Hall–Kier alpha value is -2.10. The van der Waals surface area contributed by atoms with Gasteiger partial charge in [-0.15, -0.1) is 0 Å². The molecule has 0 aliphatic rings. The molecule has 1 aromatic carbocycles. The van der Waals surface area contributed by atoms with E-state index in [1.807, 2.05) is 42.0 Å². The van der Waals surface area contributed by atoms with Crippen molar-refractivity contribution >= 4 is 5.91 Å². The molecule has 0 atom stereocenters. The Morgan fingerprint density at radius 2 is 2.18 bits per heavy atom. The molecule has 1 amide bonds. The molecule has 1 aromatic heterocycles. The summed E-state index contributed by atoms with van der Waals surface area (Å²) in [5.74, 6) is 0.796. The maximum absolute atomic E-state index is 11.4. The molecule has 17 heavy (non-hydrogen) atoms. The minimum Gasteiger partial charge on any atom is -0.358 e. The van der Waals surface area contributed by atoms with Crippen LogP contribution in [0.5, 0.6) is 0 Å². The predicted molar refractivity (Wildman–Crippen MR) is 66.5 cm³/mol. The maximum Gasteiger partial charge on any atom is 0.239 e. The number of hydrogen-bond donors (Lipinski definition) is 1. The summed E-state index contributed by atoms with van der Waals surface area (Å²) in [5.41, 5.74) is 2.21. The molecule has 0 fully saturated rings. The summed E-state index contributed by atoms with van der Waals surface area (Å²) in [6, 6.07) is 8.01. The van der Waals surface area contributed by atoms with E-state index >= 15 is 0 Å². The third-order valence-corrected chi connectivity index (χ3v) is 2.69. The monoisotopic (exact) mass is 229 g/mol. The van der Waals surface area contributed by atoms with Crippen LogP contribution in [0, 0.1) is 6.92 Å². The Morgan fingerprint density at radius 1 is 1.41 bits per heavy atom. The predicted octanol–water partition coefficient (Wildman–Crippen LogP) is 1.60. The van der Waals surface area contributed by atoms with Gasteiger partial charge in [-0.25, -0.2) is 4.98 Å². The third kappa shape index (κ3) is 2.36. The third-order valence-electron chi connectivity index (χ3n) is 2.69. The second-order valence-corrected chi connectivity index (χ2v) is 3.87. The first kappa shape index (κ1) is 11.4. The molecule has 0 saturated heterocycles. The Bertz CT molecular complexity index is 531. The van der Waals surface area contributed by atoms with E-state index in [0.717, 1.165) is 17.0 Å². The number of carbonyl (C=O) groups is 1. The van der Waals surface area contributed by atoms with Crippen LogP contribution < -0.4 is 5.32 Å². The molecule has 0 spiro atoms. The Labute approximate surface area is 100 Å². The summed E-state index contributed by atoms with van der Waals surface area (Å²) in [5, 5.41) is 2.61. The molecular weight excluding hydrogens is 214 g/mol. The molecule has 0 aliphatic carbocycles. The summed E-state index contributed by atoms with van der Waals surface area (Å²) >= 11 is 0. The molecule has 0 unspecified atom stereocenters. The topological polar surface area (TPSA) is 46.9 Å². The summed E-state index contributed by atoms with van der Waals surface area (Å²) in [4.78, 5) is 15.7. The zero-order valence-corrected chi connectivity index (χ0v) is 9.97. The van der Waals surface area contributed by atoms with Crippen LogP contribution in [0.1, 0.15) is 5.56 Å². The number of rotatable bonds is 3. The number of imidazole rings is 1. The molecule has 0 radical (unpaired) electrons. The fraction of sp³-hybridized carbons (Fsp3) is 0.231. The average molecular weight is 229 g/mol. The van der Waals surface area contributed by atoms with Gasteiger partial charge in [-0.2, -0.15) is 0 Å². The van der Waals surface area contributed by atoms with E-state index in [1.54, 1.807) is 13.2 Å². The molecule has 88 valence electrons. The Morgan fingerprint density at radius 3 is 2.88 bits per heavy atom. The number of benzene rings is 1. The lowest BCUT2D eigenvalue weighted by atomic mass is 10.1. The molecule has 2 rings (SSSR count). The van der Waals surface area contributed by atoms with Crippen molar-refractivity contribution in [3.8, 4) is 11.4 Å². The average Bonchev–Trinajstić information content (AvgIpc) is 2.77. The summed E-state index contributed by atoms with van der Waals surface area (Å²) in [6.45, 7) is 2.33. The lowest BCUT2D eigenvalue weighted by Crippen LogP contribution is -2.23. The summed E-state index contributed by atoms with van der Waals surface area (Å²) in [6.07, 6.45) is 3.53. The van der Waals surface area contributed by atoms with Gasteiger partial charge >= 0.3 is 0 Å². The van der Waals surface area contributed by atoms with Gasteiger partial charge in [0.25, 0.3) is 0 Å². The van der Waals surface area contributed by atoms with Crippen LogP contribution in [0.4, 0.5) is 0 Å². The van der Waals surface area contributed by atoms with Crippen molar-refractivity contribution in [2.45, 2.75) is 13.5 Å². The van der Waals surface area contributed by atoms with Gasteiger partial charge in [-0.05, 0) is 12.5 Å². The van der Waals surface area contributed by atoms with Gasteiger partial charge in [0.15, 0.2) is 0 Å². The first-order valence-corrected chi connectivity index (χ1v) is 5.50. The number of amides is 1. The molecule has 0 saturated carbocycles. The van der Waals surface area contributed by atoms with Gasteiger partial charge in [-0.3, -0.25) is 4.79 Å². The molecule has 0 aliphatic heterocycles.